The first-order valence-corrected chi connectivity index (χ1v) is 13.0. The van der Waals surface area contributed by atoms with Gasteiger partial charge >= 0.3 is 0 Å². The van der Waals surface area contributed by atoms with E-state index in [0.29, 0.717) is 13.0 Å². The van der Waals surface area contributed by atoms with Gasteiger partial charge in [-0.05, 0) is 63.4 Å². The number of nitrogens with zero attached hydrogens (tertiary/aromatic N) is 1. The SMILES string of the molecule is O=C(C[C@@H]1C[C@@H]2c3cc(NC(=O)C4CCC4)ccc3O[C@@H]2[C@@H](CO)O1)NCCN1CCCCC1. The number of aliphatic hydroxyl groups excluding tert-OH is 1. The van der Waals surface area contributed by atoms with Crippen molar-refractivity contribution >= 4 is 17.5 Å². The van der Waals surface area contributed by atoms with E-state index in [2.05, 4.69) is 15.5 Å². The van der Waals surface area contributed by atoms with Gasteiger partial charge in [0.1, 0.15) is 18.0 Å². The van der Waals surface area contributed by atoms with Crippen LogP contribution in [0.2, 0.25) is 0 Å². The van der Waals surface area contributed by atoms with Crippen molar-refractivity contribution in [3.8, 4) is 5.75 Å². The number of likely N-dealkylation sites (tertiary alicyclic amines) is 1. The normalized spacial score (nSPS) is 28.9. The maximum absolute atomic E-state index is 12.6. The number of rotatable bonds is 8. The van der Waals surface area contributed by atoms with Gasteiger partial charge in [0, 0.05) is 36.2 Å². The fourth-order valence-corrected chi connectivity index (χ4v) is 5.70. The van der Waals surface area contributed by atoms with Crippen molar-refractivity contribution in [1.82, 2.24) is 10.2 Å². The standard InChI is InChI=1S/C26H37N3O5/c30-16-23-25-21(14-19(33-23)15-24(31)27-9-12-29-10-2-1-3-11-29)20-13-18(7-8-22(20)34-25)28-26(32)17-5-4-6-17/h7-8,13,17,19,21,23,25,30H,1-6,9-12,14-16H2,(H,27,31)(H,28,32)/t19-,21+,23+,25-/m0/s1. The van der Waals surface area contributed by atoms with Gasteiger partial charge in [0.25, 0.3) is 0 Å². The van der Waals surface area contributed by atoms with Gasteiger partial charge in [-0.1, -0.05) is 12.8 Å². The van der Waals surface area contributed by atoms with Gasteiger partial charge in [-0.25, -0.2) is 0 Å². The van der Waals surface area contributed by atoms with Crippen molar-refractivity contribution in [3.05, 3.63) is 23.8 Å². The Morgan fingerprint density at radius 2 is 1.94 bits per heavy atom. The molecule has 2 saturated heterocycles. The number of hydrogen-bond acceptors (Lipinski definition) is 6. The summed E-state index contributed by atoms with van der Waals surface area (Å²) < 4.78 is 12.2. The lowest BCUT2D eigenvalue weighted by Gasteiger charge is -2.37. The average molecular weight is 472 g/mol. The highest BCUT2D eigenvalue weighted by molar-refractivity contribution is 5.93. The Labute approximate surface area is 201 Å². The molecule has 186 valence electrons. The molecule has 0 spiro atoms. The zero-order valence-corrected chi connectivity index (χ0v) is 19.8. The lowest BCUT2D eigenvalue weighted by Crippen LogP contribution is -2.47. The first-order valence-electron chi connectivity index (χ1n) is 13.0. The number of carbonyl (C=O) groups excluding carboxylic acids is 2. The predicted molar refractivity (Wildman–Crippen MR) is 128 cm³/mol. The van der Waals surface area contributed by atoms with Gasteiger partial charge < -0.3 is 30.1 Å². The molecule has 0 unspecified atom stereocenters. The summed E-state index contributed by atoms with van der Waals surface area (Å²) in [6.45, 7) is 3.61. The van der Waals surface area contributed by atoms with Gasteiger partial charge in [-0.15, -0.1) is 0 Å². The second-order valence-electron chi connectivity index (χ2n) is 10.2. The highest BCUT2D eigenvalue weighted by Crippen LogP contribution is 2.47. The Hall–Kier alpha value is -2.16. The molecular formula is C26H37N3O5. The van der Waals surface area contributed by atoms with Gasteiger partial charge in [-0.3, -0.25) is 9.59 Å². The second-order valence-corrected chi connectivity index (χ2v) is 10.2. The Morgan fingerprint density at radius 1 is 1.12 bits per heavy atom. The van der Waals surface area contributed by atoms with Crippen LogP contribution in [-0.2, 0) is 14.3 Å². The second kappa shape index (κ2) is 10.6. The first kappa shape index (κ1) is 23.6. The molecule has 4 atom stereocenters. The van der Waals surface area contributed by atoms with E-state index < -0.39 is 6.10 Å². The minimum absolute atomic E-state index is 0.0159. The van der Waals surface area contributed by atoms with E-state index in [1.807, 2.05) is 18.2 Å². The molecule has 1 aromatic carbocycles. The zero-order valence-electron chi connectivity index (χ0n) is 19.8. The molecule has 8 nitrogen and oxygen atoms in total. The van der Waals surface area contributed by atoms with E-state index in [1.165, 1.54) is 19.3 Å². The summed E-state index contributed by atoms with van der Waals surface area (Å²) in [5, 5.41) is 16.0. The molecule has 2 amide bonds. The summed E-state index contributed by atoms with van der Waals surface area (Å²) in [5.41, 5.74) is 1.80. The van der Waals surface area contributed by atoms with Crippen molar-refractivity contribution < 1.29 is 24.2 Å². The van der Waals surface area contributed by atoms with Crippen molar-refractivity contribution in [1.29, 1.82) is 0 Å². The minimum atomic E-state index is -0.481. The van der Waals surface area contributed by atoms with E-state index >= 15 is 0 Å². The van der Waals surface area contributed by atoms with Crippen LogP contribution >= 0.6 is 0 Å². The van der Waals surface area contributed by atoms with Crippen molar-refractivity contribution in [2.45, 2.75) is 75.6 Å². The fourth-order valence-electron chi connectivity index (χ4n) is 5.70. The first-order chi connectivity index (χ1) is 16.6. The number of aliphatic hydroxyl groups is 1. The molecule has 34 heavy (non-hydrogen) atoms. The Morgan fingerprint density at radius 3 is 2.68 bits per heavy atom. The number of ether oxygens (including phenoxy) is 2. The molecule has 0 aromatic heterocycles. The molecule has 8 heteroatoms. The van der Waals surface area contributed by atoms with Crippen LogP contribution in [0.25, 0.3) is 0 Å². The van der Waals surface area contributed by atoms with Crippen LogP contribution < -0.4 is 15.4 Å². The maximum Gasteiger partial charge on any atom is 0.227 e. The number of piperidine rings is 1. The summed E-state index contributed by atoms with van der Waals surface area (Å²) in [6, 6.07) is 5.75. The summed E-state index contributed by atoms with van der Waals surface area (Å²) in [6.07, 6.45) is 6.70. The van der Waals surface area contributed by atoms with E-state index in [-0.39, 0.29) is 48.9 Å². The summed E-state index contributed by atoms with van der Waals surface area (Å²) in [4.78, 5) is 27.4. The number of carbonyl (C=O) groups is 2. The number of hydrogen-bond donors (Lipinski definition) is 3. The lowest BCUT2D eigenvalue weighted by molar-refractivity contribution is -0.142. The van der Waals surface area contributed by atoms with Gasteiger partial charge in [0.05, 0.1) is 19.1 Å². The summed E-state index contributed by atoms with van der Waals surface area (Å²) >= 11 is 0. The molecule has 4 aliphatic rings. The molecule has 1 aliphatic carbocycles. The van der Waals surface area contributed by atoms with Crippen LogP contribution in [0.15, 0.2) is 18.2 Å². The molecular weight excluding hydrogens is 434 g/mol. The largest absolute Gasteiger partial charge is 0.487 e. The third-order valence-electron chi connectivity index (χ3n) is 7.85. The highest BCUT2D eigenvalue weighted by atomic mass is 16.6. The quantitative estimate of drug-likeness (QED) is 0.539. The third kappa shape index (κ3) is 5.24. The average Bonchev–Trinajstić information content (AvgIpc) is 3.16. The van der Waals surface area contributed by atoms with Crippen LogP contribution in [-0.4, -0.2) is 72.9 Å². The van der Waals surface area contributed by atoms with E-state index in [0.717, 1.165) is 55.9 Å². The number of nitrogens with one attached hydrogen (secondary N) is 2. The van der Waals surface area contributed by atoms with Gasteiger partial charge in [0.15, 0.2) is 0 Å². The van der Waals surface area contributed by atoms with Crippen molar-refractivity contribution in [2.75, 3.05) is 38.1 Å². The molecule has 3 heterocycles. The molecule has 1 saturated carbocycles. The molecule has 3 N–H and O–H groups in total. The smallest absolute Gasteiger partial charge is 0.227 e. The Kier molecular flexibility index (Phi) is 7.37. The van der Waals surface area contributed by atoms with E-state index in [4.69, 9.17) is 9.47 Å². The number of anilines is 1. The van der Waals surface area contributed by atoms with Crippen molar-refractivity contribution in [2.24, 2.45) is 5.92 Å². The fraction of sp³-hybridized carbons (Fsp3) is 0.692. The highest BCUT2D eigenvalue weighted by Gasteiger charge is 2.46. The van der Waals surface area contributed by atoms with Crippen LogP contribution in [0.5, 0.6) is 5.75 Å². The van der Waals surface area contributed by atoms with Crippen LogP contribution in [0.1, 0.15) is 62.8 Å². The lowest BCUT2D eigenvalue weighted by atomic mass is 9.83. The van der Waals surface area contributed by atoms with Crippen molar-refractivity contribution in [3.63, 3.8) is 0 Å². The van der Waals surface area contributed by atoms with E-state index in [9.17, 15) is 14.7 Å². The van der Waals surface area contributed by atoms with Crippen LogP contribution in [0, 0.1) is 5.92 Å². The molecule has 3 aliphatic heterocycles. The Bertz CT molecular complexity index is 883. The van der Waals surface area contributed by atoms with Gasteiger partial charge in [0.2, 0.25) is 11.8 Å². The molecule has 1 aromatic rings. The number of benzene rings is 1. The predicted octanol–water partition coefficient (Wildman–Crippen LogP) is 2.41. The number of fused-ring (bicyclic) bond motifs is 3. The van der Waals surface area contributed by atoms with Crippen LogP contribution in [0.4, 0.5) is 5.69 Å². The van der Waals surface area contributed by atoms with E-state index in [1.54, 1.807) is 0 Å². The maximum atomic E-state index is 12.6. The third-order valence-corrected chi connectivity index (χ3v) is 7.85. The molecule has 3 fully saturated rings. The topological polar surface area (TPSA) is 100 Å². The summed E-state index contributed by atoms with van der Waals surface area (Å²) in [5.74, 6) is 0.980. The summed E-state index contributed by atoms with van der Waals surface area (Å²) in [7, 11) is 0. The Balaban J connectivity index is 1.18. The molecule has 0 radical (unpaired) electrons. The van der Waals surface area contributed by atoms with Crippen LogP contribution in [0.3, 0.4) is 0 Å². The molecule has 0 bridgehead atoms. The molecule has 5 rings (SSSR count). The zero-order chi connectivity index (χ0) is 23.5. The van der Waals surface area contributed by atoms with Gasteiger partial charge in [-0.2, -0.15) is 0 Å². The monoisotopic (exact) mass is 471 g/mol. The minimum Gasteiger partial charge on any atom is -0.487 e. The number of amides is 2.